The van der Waals surface area contributed by atoms with E-state index in [1.165, 1.54) is 6.07 Å². The fourth-order valence-corrected chi connectivity index (χ4v) is 1.83. The molecule has 0 atom stereocenters. The topological polar surface area (TPSA) is 71.4 Å². The zero-order valence-corrected chi connectivity index (χ0v) is 8.86. The predicted octanol–water partition coefficient (Wildman–Crippen LogP) is 2.64. The van der Waals surface area contributed by atoms with Gasteiger partial charge in [0.05, 0.1) is 34.9 Å². The molecular weight excluding hydrogens is 210 g/mol. The maximum Gasteiger partial charge on any atom is 0.0998 e. The molecule has 3 heteroatoms. The summed E-state index contributed by atoms with van der Waals surface area (Å²) in [4.78, 5) is 0. The molecular formula is C14H6N3. The molecule has 0 fully saturated rings. The number of fused-ring (bicyclic) bond motifs is 1. The molecule has 0 bridgehead atoms. The maximum absolute atomic E-state index is 9.05. The molecule has 0 aliphatic rings. The van der Waals surface area contributed by atoms with Gasteiger partial charge in [0, 0.05) is 10.8 Å². The minimum atomic E-state index is 0.330. The molecule has 1 radical (unpaired) electrons. The van der Waals surface area contributed by atoms with Gasteiger partial charge in [0.25, 0.3) is 0 Å². The van der Waals surface area contributed by atoms with Crippen molar-refractivity contribution in [2.24, 2.45) is 0 Å². The molecule has 2 rings (SSSR count). The largest absolute Gasteiger partial charge is 0.192 e. The number of rotatable bonds is 0. The van der Waals surface area contributed by atoms with Crippen LogP contribution in [0.3, 0.4) is 0 Å². The van der Waals surface area contributed by atoms with Crippen LogP contribution >= 0.6 is 0 Å². The average Bonchev–Trinajstić information content (AvgIpc) is 2.38. The highest BCUT2D eigenvalue weighted by atomic mass is 14.3. The molecule has 0 aliphatic carbocycles. The lowest BCUT2D eigenvalue weighted by molar-refractivity contribution is 1.44. The summed E-state index contributed by atoms with van der Waals surface area (Å²) in [5, 5.41) is 28.3. The van der Waals surface area contributed by atoms with Gasteiger partial charge in [-0.25, -0.2) is 0 Å². The number of hydrogen-bond acceptors (Lipinski definition) is 3. The van der Waals surface area contributed by atoms with E-state index in [2.05, 4.69) is 13.0 Å². The first-order chi connectivity index (χ1) is 8.22. The zero-order valence-electron chi connectivity index (χ0n) is 8.86. The summed E-state index contributed by atoms with van der Waals surface area (Å²) < 4.78 is 0. The lowest BCUT2D eigenvalue weighted by Gasteiger charge is -2.07. The van der Waals surface area contributed by atoms with Crippen molar-refractivity contribution in [3.05, 3.63) is 53.4 Å². The highest BCUT2D eigenvalue weighted by molar-refractivity contribution is 5.96. The molecule has 2 aromatic rings. The molecule has 0 heterocycles. The van der Waals surface area contributed by atoms with Crippen LogP contribution in [0.1, 0.15) is 22.3 Å². The van der Waals surface area contributed by atoms with E-state index in [1.54, 1.807) is 18.2 Å². The van der Waals surface area contributed by atoms with E-state index in [9.17, 15) is 0 Å². The molecule has 77 valence electrons. The molecule has 3 nitrogen and oxygen atoms in total. The Hall–Kier alpha value is -2.83. The van der Waals surface area contributed by atoms with Crippen molar-refractivity contribution in [2.45, 2.75) is 0 Å². The third-order valence-corrected chi connectivity index (χ3v) is 2.63. The Kier molecular flexibility index (Phi) is 2.49. The van der Waals surface area contributed by atoms with Gasteiger partial charge in [-0.05, 0) is 24.6 Å². The Morgan fingerprint density at radius 1 is 0.882 bits per heavy atom. The molecule has 0 N–H and O–H groups in total. The van der Waals surface area contributed by atoms with Gasteiger partial charge in [-0.15, -0.1) is 0 Å². The van der Waals surface area contributed by atoms with Crippen LogP contribution in [-0.2, 0) is 0 Å². The van der Waals surface area contributed by atoms with E-state index in [-0.39, 0.29) is 0 Å². The third kappa shape index (κ3) is 1.49. The minimum absolute atomic E-state index is 0.330. The van der Waals surface area contributed by atoms with Crippen LogP contribution in [0.5, 0.6) is 0 Å². The SMILES string of the molecule is [CH2]c1c(C#N)cc(C#N)c2cccc(C#N)c12. The molecule has 0 amide bonds. The normalized spacial score (nSPS) is 9.29. The quantitative estimate of drug-likeness (QED) is 0.679. The average molecular weight is 216 g/mol. The van der Waals surface area contributed by atoms with Gasteiger partial charge < -0.3 is 0 Å². The van der Waals surface area contributed by atoms with Crippen molar-refractivity contribution in [1.29, 1.82) is 15.8 Å². The summed E-state index contributed by atoms with van der Waals surface area (Å²) in [5.74, 6) is 0. The monoisotopic (exact) mass is 216 g/mol. The van der Waals surface area contributed by atoms with Crippen LogP contribution in [0.15, 0.2) is 24.3 Å². The first-order valence-corrected chi connectivity index (χ1v) is 4.85. The zero-order chi connectivity index (χ0) is 12.4. The van der Waals surface area contributed by atoms with Crippen molar-refractivity contribution in [3.63, 3.8) is 0 Å². The van der Waals surface area contributed by atoms with Gasteiger partial charge in [0.2, 0.25) is 0 Å². The van der Waals surface area contributed by atoms with Gasteiger partial charge in [-0.1, -0.05) is 12.1 Å². The summed E-state index contributed by atoms with van der Waals surface area (Å²) in [6.07, 6.45) is 0. The Bertz CT molecular complexity index is 737. The predicted molar refractivity (Wildman–Crippen MR) is 62.6 cm³/mol. The summed E-state index contributed by atoms with van der Waals surface area (Å²) in [5.41, 5.74) is 1.65. The molecule has 0 aliphatic heterocycles. The molecule has 0 saturated heterocycles. The standard InChI is InChI=1S/C14H6N3/c1-9-11(7-16)5-12(8-17)13-4-2-3-10(6-15)14(9)13/h2-5H,1H2. The van der Waals surface area contributed by atoms with Crippen molar-refractivity contribution >= 4 is 10.8 Å². The van der Waals surface area contributed by atoms with Crippen LogP contribution in [0.4, 0.5) is 0 Å². The van der Waals surface area contributed by atoms with Crippen LogP contribution in [0.2, 0.25) is 0 Å². The van der Waals surface area contributed by atoms with Crippen molar-refractivity contribution in [2.75, 3.05) is 0 Å². The fourth-order valence-electron chi connectivity index (χ4n) is 1.83. The molecule has 2 aromatic carbocycles. The second kappa shape index (κ2) is 3.97. The number of hydrogen-bond donors (Lipinski definition) is 0. The highest BCUT2D eigenvalue weighted by Gasteiger charge is 2.11. The van der Waals surface area contributed by atoms with E-state index < -0.39 is 0 Å². The maximum atomic E-state index is 9.05. The first-order valence-electron chi connectivity index (χ1n) is 4.85. The summed E-state index contributed by atoms with van der Waals surface area (Å²) >= 11 is 0. The smallest absolute Gasteiger partial charge is 0.0998 e. The van der Waals surface area contributed by atoms with Crippen LogP contribution in [0, 0.1) is 40.9 Å². The van der Waals surface area contributed by atoms with Crippen LogP contribution in [0.25, 0.3) is 10.8 Å². The summed E-state index contributed by atoms with van der Waals surface area (Å²) in [7, 11) is 0. The van der Waals surface area contributed by atoms with Crippen molar-refractivity contribution in [3.8, 4) is 18.2 Å². The number of nitrogens with zero attached hydrogens (tertiary/aromatic N) is 3. The molecule has 0 spiro atoms. The third-order valence-electron chi connectivity index (χ3n) is 2.63. The Balaban J connectivity index is 3.10. The fraction of sp³-hybridized carbons (Fsp3) is 0. The highest BCUT2D eigenvalue weighted by Crippen LogP contribution is 2.27. The number of benzene rings is 2. The Labute approximate surface area is 98.8 Å². The summed E-state index contributed by atoms with van der Waals surface area (Å²) in [6.45, 7) is 3.82. The van der Waals surface area contributed by atoms with E-state index >= 15 is 0 Å². The number of nitriles is 3. The second-order valence-corrected chi connectivity index (χ2v) is 3.51. The van der Waals surface area contributed by atoms with Gasteiger partial charge >= 0.3 is 0 Å². The van der Waals surface area contributed by atoms with Crippen LogP contribution < -0.4 is 0 Å². The van der Waals surface area contributed by atoms with E-state index in [1.807, 2.05) is 12.1 Å². The molecule has 0 saturated carbocycles. The molecule has 0 aromatic heterocycles. The Morgan fingerprint density at radius 3 is 2.12 bits per heavy atom. The van der Waals surface area contributed by atoms with Gasteiger partial charge in [-0.2, -0.15) is 15.8 Å². The lowest BCUT2D eigenvalue weighted by atomic mass is 9.93. The van der Waals surface area contributed by atoms with Crippen molar-refractivity contribution < 1.29 is 0 Å². The Morgan fingerprint density at radius 2 is 1.53 bits per heavy atom. The van der Waals surface area contributed by atoms with E-state index in [4.69, 9.17) is 15.8 Å². The summed E-state index contributed by atoms with van der Waals surface area (Å²) in [6, 6.07) is 12.7. The van der Waals surface area contributed by atoms with Gasteiger partial charge in [0.1, 0.15) is 0 Å². The van der Waals surface area contributed by atoms with Gasteiger partial charge in [0.15, 0.2) is 0 Å². The van der Waals surface area contributed by atoms with E-state index in [0.717, 1.165) is 0 Å². The molecule has 0 unspecified atom stereocenters. The van der Waals surface area contributed by atoms with Crippen molar-refractivity contribution in [1.82, 2.24) is 0 Å². The molecule has 17 heavy (non-hydrogen) atoms. The van der Waals surface area contributed by atoms with Crippen LogP contribution in [-0.4, -0.2) is 0 Å². The minimum Gasteiger partial charge on any atom is -0.192 e. The first kappa shape index (κ1) is 10.7. The lowest BCUT2D eigenvalue weighted by Crippen LogP contribution is -1.92. The van der Waals surface area contributed by atoms with E-state index in [0.29, 0.717) is 33.0 Å². The second-order valence-electron chi connectivity index (χ2n) is 3.51. The van der Waals surface area contributed by atoms with Gasteiger partial charge in [-0.3, -0.25) is 0 Å².